The Morgan fingerprint density at radius 1 is 1.28 bits per heavy atom. The highest BCUT2D eigenvalue weighted by Gasteiger charge is 2.38. The van der Waals surface area contributed by atoms with E-state index in [0.29, 0.717) is 29.4 Å². The zero-order valence-electron chi connectivity index (χ0n) is 16.0. The van der Waals surface area contributed by atoms with Crippen molar-refractivity contribution in [3.63, 3.8) is 0 Å². The smallest absolute Gasteiger partial charge is 0.254 e. The van der Waals surface area contributed by atoms with Gasteiger partial charge in [0.2, 0.25) is 5.89 Å². The molecule has 0 aliphatic carbocycles. The average Bonchev–Trinajstić information content (AvgIpc) is 3.34. The molecule has 0 unspecified atom stereocenters. The van der Waals surface area contributed by atoms with Crippen LogP contribution < -0.4 is 0 Å². The van der Waals surface area contributed by atoms with Gasteiger partial charge in [0.1, 0.15) is 19.0 Å². The number of rotatable bonds is 4. The molecule has 0 bridgehead atoms. The molecule has 0 saturated carbocycles. The molecule has 1 aromatic heterocycles. The van der Waals surface area contributed by atoms with Crippen molar-refractivity contribution in [1.29, 1.82) is 0 Å². The molecule has 1 fully saturated rings. The topological polar surface area (TPSA) is 80.8 Å². The van der Waals surface area contributed by atoms with E-state index in [0.717, 1.165) is 5.56 Å². The molecule has 0 N–H and O–H groups in total. The van der Waals surface area contributed by atoms with Crippen LogP contribution in [0.15, 0.2) is 58.2 Å². The summed E-state index contributed by atoms with van der Waals surface area (Å²) < 4.78 is 20.0. The lowest BCUT2D eigenvalue weighted by Crippen LogP contribution is -2.31. The average molecular weight is 394 g/mol. The summed E-state index contributed by atoms with van der Waals surface area (Å²) in [6.45, 7) is 1.94. The van der Waals surface area contributed by atoms with Crippen LogP contribution in [0, 0.1) is 12.7 Å². The van der Waals surface area contributed by atoms with E-state index in [1.165, 1.54) is 13.2 Å². The summed E-state index contributed by atoms with van der Waals surface area (Å²) in [6.07, 6.45) is 0.409. The maximum absolute atomic E-state index is 14.7. The van der Waals surface area contributed by atoms with Gasteiger partial charge in [0.15, 0.2) is 5.82 Å². The number of aryl methyl sites for hydroxylation is 1. The van der Waals surface area contributed by atoms with Crippen molar-refractivity contribution < 1.29 is 18.5 Å². The normalized spacial score (nSPS) is 17.7. The molecule has 2 aromatic carbocycles. The predicted octanol–water partition coefficient (Wildman–Crippen LogP) is 3.77. The first-order valence-corrected chi connectivity index (χ1v) is 9.12. The second kappa shape index (κ2) is 7.83. The standard InChI is InChI=1S/C21H19FN4O3/c1-13-23-20(29-24-13)19-11-16(25-28-2)12-26(19)21(27)15-8-9-17(18(22)10-15)14-6-4-3-5-7-14/h3-10,19H,11-12H2,1-2H3/t19-/m0/s1. The largest absolute Gasteiger partial charge is 0.399 e. The van der Waals surface area contributed by atoms with E-state index in [9.17, 15) is 9.18 Å². The molecule has 1 aliphatic heterocycles. The van der Waals surface area contributed by atoms with Crippen molar-refractivity contribution in [2.45, 2.75) is 19.4 Å². The van der Waals surface area contributed by atoms with Crippen LogP contribution in [-0.2, 0) is 4.84 Å². The number of hydrogen-bond acceptors (Lipinski definition) is 6. The number of carbonyl (C=O) groups excluding carboxylic acids is 1. The molecule has 148 valence electrons. The van der Waals surface area contributed by atoms with Crippen molar-refractivity contribution in [1.82, 2.24) is 15.0 Å². The third-order valence-corrected chi connectivity index (χ3v) is 4.77. The summed E-state index contributed by atoms with van der Waals surface area (Å²) in [5.74, 6) is -0.01000. The van der Waals surface area contributed by atoms with Gasteiger partial charge < -0.3 is 14.3 Å². The summed E-state index contributed by atoms with van der Waals surface area (Å²) in [4.78, 5) is 23.8. The van der Waals surface area contributed by atoms with Gasteiger partial charge in [-0.3, -0.25) is 4.79 Å². The van der Waals surface area contributed by atoms with Gasteiger partial charge in [0, 0.05) is 17.5 Å². The van der Waals surface area contributed by atoms with Crippen LogP contribution in [0.25, 0.3) is 11.1 Å². The third-order valence-electron chi connectivity index (χ3n) is 4.77. The monoisotopic (exact) mass is 394 g/mol. The minimum atomic E-state index is -0.477. The summed E-state index contributed by atoms with van der Waals surface area (Å²) >= 11 is 0. The molecule has 0 spiro atoms. The maximum Gasteiger partial charge on any atom is 0.254 e. The summed E-state index contributed by atoms with van der Waals surface area (Å²) in [5.41, 5.74) is 2.10. The number of aromatic nitrogens is 2. The number of nitrogens with zero attached hydrogens (tertiary/aromatic N) is 4. The van der Waals surface area contributed by atoms with Gasteiger partial charge in [0.25, 0.3) is 5.91 Å². The van der Waals surface area contributed by atoms with Gasteiger partial charge in [-0.05, 0) is 24.6 Å². The van der Waals surface area contributed by atoms with Gasteiger partial charge in [0.05, 0.1) is 12.3 Å². The lowest BCUT2D eigenvalue weighted by atomic mass is 10.0. The summed E-state index contributed by atoms with van der Waals surface area (Å²) in [5, 5.41) is 7.77. The molecule has 3 aromatic rings. The minimum absolute atomic E-state index is 0.237. The van der Waals surface area contributed by atoms with E-state index in [2.05, 4.69) is 15.3 Å². The molecule has 7 nitrogen and oxygen atoms in total. The molecule has 2 heterocycles. The second-order valence-corrected chi connectivity index (χ2v) is 6.73. The molecule has 8 heteroatoms. The number of likely N-dealkylation sites (tertiary alicyclic amines) is 1. The van der Waals surface area contributed by atoms with Gasteiger partial charge in [-0.1, -0.05) is 46.7 Å². The lowest BCUT2D eigenvalue weighted by Gasteiger charge is -2.21. The molecule has 1 amide bonds. The van der Waals surface area contributed by atoms with Crippen LogP contribution in [0.5, 0.6) is 0 Å². The SMILES string of the molecule is CON=C1C[C@@H](c2nc(C)no2)N(C(=O)c2ccc(-c3ccccc3)c(F)c2)C1. The van der Waals surface area contributed by atoms with Crippen molar-refractivity contribution >= 4 is 11.6 Å². The number of halogens is 1. The van der Waals surface area contributed by atoms with Crippen LogP contribution in [-0.4, -0.2) is 40.3 Å². The third kappa shape index (κ3) is 3.73. The Balaban J connectivity index is 1.65. The Hall–Kier alpha value is -3.55. The highest BCUT2D eigenvalue weighted by molar-refractivity contribution is 6.00. The van der Waals surface area contributed by atoms with E-state index in [1.807, 2.05) is 30.3 Å². The van der Waals surface area contributed by atoms with E-state index in [-0.39, 0.29) is 18.0 Å². The molecule has 1 atom stereocenters. The molecule has 0 radical (unpaired) electrons. The predicted molar refractivity (Wildman–Crippen MR) is 104 cm³/mol. The molecule has 1 saturated heterocycles. The molecule has 4 rings (SSSR count). The van der Waals surface area contributed by atoms with Crippen LogP contribution in [0.4, 0.5) is 4.39 Å². The van der Waals surface area contributed by atoms with E-state index < -0.39 is 11.9 Å². The van der Waals surface area contributed by atoms with Crippen LogP contribution in [0.1, 0.15) is 34.5 Å². The summed E-state index contributed by atoms with van der Waals surface area (Å²) in [7, 11) is 1.45. The van der Waals surface area contributed by atoms with Crippen molar-refractivity contribution in [2.24, 2.45) is 5.16 Å². The Labute approximate surface area is 166 Å². The van der Waals surface area contributed by atoms with E-state index in [4.69, 9.17) is 9.36 Å². The Bertz CT molecular complexity index is 1060. The van der Waals surface area contributed by atoms with Crippen LogP contribution in [0.2, 0.25) is 0 Å². The first-order chi connectivity index (χ1) is 14.1. The zero-order chi connectivity index (χ0) is 20.4. The maximum atomic E-state index is 14.7. The molecular weight excluding hydrogens is 375 g/mol. The highest BCUT2D eigenvalue weighted by Crippen LogP contribution is 2.32. The number of benzene rings is 2. The van der Waals surface area contributed by atoms with Gasteiger partial charge in [-0.15, -0.1) is 0 Å². The molecular formula is C21H19FN4O3. The fraction of sp³-hybridized carbons (Fsp3) is 0.238. The van der Waals surface area contributed by atoms with E-state index in [1.54, 1.807) is 24.0 Å². The van der Waals surface area contributed by atoms with Gasteiger partial charge in [-0.2, -0.15) is 4.98 Å². The summed E-state index contributed by atoms with van der Waals surface area (Å²) in [6, 6.07) is 13.2. The fourth-order valence-electron chi connectivity index (χ4n) is 3.45. The van der Waals surface area contributed by atoms with Crippen LogP contribution >= 0.6 is 0 Å². The number of hydrogen-bond donors (Lipinski definition) is 0. The van der Waals surface area contributed by atoms with E-state index >= 15 is 0 Å². The lowest BCUT2D eigenvalue weighted by molar-refractivity contribution is 0.0713. The number of carbonyl (C=O) groups is 1. The van der Waals surface area contributed by atoms with Gasteiger partial charge in [-0.25, -0.2) is 4.39 Å². The van der Waals surface area contributed by atoms with Crippen molar-refractivity contribution in [3.8, 4) is 11.1 Å². The number of amides is 1. The molecule has 29 heavy (non-hydrogen) atoms. The van der Waals surface area contributed by atoms with Crippen LogP contribution in [0.3, 0.4) is 0 Å². The Kier molecular flexibility index (Phi) is 5.07. The molecule has 1 aliphatic rings. The quantitative estimate of drug-likeness (QED) is 0.629. The highest BCUT2D eigenvalue weighted by atomic mass is 19.1. The van der Waals surface area contributed by atoms with Crippen molar-refractivity contribution in [2.75, 3.05) is 13.7 Å². The first kappa shape index (κ1) is 18.8. The Morgan fingerprint density at radius 2 is 2.07 bits per heavy atom. The first-order valence-electron chi connectivity index (χ1n) is 9.12. The minimum Gasteiger partial charge on any atom is -0.399 e. The fourth-order valence-corrected chi connectivity index (χ4v) is 3.45. The Morgan fingerprint density at radius 3 is 2.72 bits per heavy atom. The zero-order valence-corrected chi connectivity index (χ0v) is 16.0. The second-order valence-electron chi connectivity index (χ2n) is 6.73. The number of oxime groups is 1. The van der Waals surface area contributed by atoms with Crippen molar-refractivity contribution in [3.05, 3.63) is 71.6 Å². The van der Waals surface area contributed by atoms with Gasteiger partial charge >= 0.3 is 0 Å².